The Morgan fingerprint density at radius 2 is 1.88 bits per heavy atom. The molecule has 3 saturated carbocycles. The summed E-state index contributed by atoms with van der Waals surface area (Å²) in [6, 6.07) is 0. The maximum atomic E-state index is 12.8. The third-order valence-electron chi connectivity index (χ3n) is 8.20. The van der Waals surface area contributed by atoms with Crippen LogP contribution in [-0.2, 0) is 9.59 Å². The summed E-state index contributed by atoms with van der Waals surface area (Å²) in [5.74, 6) is 2.21. The Hall–Kier alpha value is -1.38. The van der Waals surface area contributed by atoms with Gasteiger partial charge >= 0.3 is 0 Å². The fourth-order valence-corrected chi connectivity index (χ4v) is 6.96. The molecule has 0 radical (unpaired) electrons. The van der Waals surface area contributed by atoms with Crippen LogP contribution in [0.1, 0.15) is 59.3 Å². The molecule has 0 amide bonds. The number of allylic oxidation sites excluding steroid dienone is 3. The summed E-state index contributed by atoms with van der Waals surface area (Å²) < 4.78 is 0. The molecule has 0 aromatic heterocycles. The molecule has 3 heteroatoms. The molecule has 0 aliphatic heterocycles. The van der Waals surface area contributed by atoms with E-state index in [2.05, 4.69) is 13.8 Å². The molecule has 0 bridgehead atoms. The molecule has 130 valence electrons. The smallest absolute Gasteiger partial charge is 0.169 e. The first-order valence-electron chi connectivity index (χ1n) is 9.45. The van der Waals surface area contributed by atoms with Crippen molar-refractivity contribution in [2.24, 2.45) is 34.5 Å². The Morgan fingerprint density at radius 1 is 1.12 bits per heavy atom. The number of aliphatic hydroxyl groups is 1. The zero-order valence-corrected chi connectivity index (χ0v) is 15.0. The van der Waals surface area contributed by atoms with E-state index in [1.54, 1.807) is 6.92 Å². The number of carbonyl (C=O) groups excluding carboxylic acids is 2. The summed E-state index contributed by atoms with van der Waals surface area (Å²) in [4.78, 5) is 25.0. The molecule has 4 aliphatic rings. The third kappa shape index (κ3) is 1.90. The fraction of sp³-hybridized carbons (Fsp3) is 0.714. The van der Waals surface area contributed by atoms with Gasteiger partial charge in [0, 0.05) is 12.0 Å². The van der Waals surface area contributed by atoms with E-state index in [-0.39, 0.29) is 22.9 Å². The Balaban J connectivity index is 1.71. The number of hydrogen-bond donors (Lipinski definition) is 1. The van der Waals surface area contributed by atoms with Gasteiger partial charge < -0.3 is 5.11 Å². The monoisotopic (exact) mass is 328 g/mol. The number of ketones is 2. The van der Waals surface area contributed by atoms with Crippen LogP contribution in [0.5, 0.6) is 0 Å². The summed E-state index contributed by atoms with van der Waals surface area (Å²) in [6.45, 7) is 6.18. The van der Waals surface area contributed by atoms with Crippen LogP contribution in [0.3, 0.4) is 0 Å². The summed E-state index contributed by atoms with van der Waals surface area (Å²) >= 11 is 0. The maximum absolute atomic E-state index is 12.8. The highest BCUT2D eigenvalue weighted by atomic mass is 16.3. The highest BCUT2D eigenvalue weighted by molar-refractivity contribution is 5.99. The number of Topliss-reactive ketones (excluding diaryl/α,β-unsaturated/α-hetero) is 1. The van der Waals surface area contributed by atoms with E-state index in [4.69, 9.17) is 0 Å². The number of rotatable bonds is 1. The lowest BCUT2D eigenvalue weighted by atomic mass is 9.47. The van der Waals surface area contributed by atoms with Crippen LogP contribution in [0.15, 0.2) is 23.5 Å². The van der Waals surface area contributed by atoms with Crippen molar-refractivity contribution in [3.63, 3.8) is 0 Å². The Labute approximate surface area is 144 Å². The lowest BCUT2D eigenvalue weighted by molar-refractivity contribution is -0.135. The summed E-state index contributed by atoms with van der Waals surface area (Å²) in [5, 5.41) is 9.84. The molecule has 4 aliphatic carbocycles. The van der Waals surface area contributed by atoms with Crippen molar-refractivity contribution < 1.29 is 14.7 Å². The molecule has 24 heavy (non-hydrogen) atoms. The lowest BCUT2D eigenvalue weighted by Gasteiger charge is -2.56. The van der Waals surface area contributed by atoms with Crippen LogP contribution in [0.2, 0.25) is 0 Å². The molecule has 3 nitrogen and oxygen atoms in total. The normalized spacial score (nSPS) is 47.2. The predicted molar refractivity (Wildman–Crippen MR) is 92.4 cm³/mol. The van der Waals surface area contributed by atoms with Gasteiger partial charge in [-0.1, -0.05) is 12.5 Å². The molecule has 0 spiro atoms. The molecular weight excluding hydrogens is 300 g/mol. The maximum Gasteiger partial charge on any atom is 0.169 e. The molecule has 0 saturated heterocycles. The SMILES string of the molecule is CC(=O)[C@@H]1CC[C@H]2[C@H]3CCC4=CC(O)=CC(=O)[C@@]4(C)[C@@H]3CC[C@]12C. The van der Waals surface area contributed by atoms with Gasteiger partial charge in [-0.2, -0.15) is 0 Å². The lowest BCUT2D eigenvalue weighted by Crippen LogP contribution is -2.53. The van der Waals surface area contributed by atoms with Crippen molar-refractivity contribution >= 4 is 11.6 Å². The number of aliphatic hydroxyl groups excluding tert-OH is 1. The van der Waals surface area contributed by atoms with Crippen molar-refractivity contribution in [1.82, 2.24) is 0 Å². The largest absolute Gasteiger partial charge is 0.508 e. The van der Waals surface area contributed by atoms with Crippen LogP contribution < -0.4 is 0 Å². The molecule has 0 unspecified atom stereocenters. The number of fused-ring (bicyclic) bond motifs is 5. The third-order valence-corrected chi connectivity index (χ3v) is 8.20. The van der Waals surface area contributed by atoms with E-state index in [0.717, 1.165) is 44.1 Å². The van der Waals surface area contributed by atoms with Gasteiger partial charge in [0.2, 0.25) is 0 Å². The molecule has 0 aromatic carbocycles. The summed E-state index contributed by atoms with van der Waals surface area (Å²) in [5.41, 5.74) is 0.809. The van der Waals surface area contributed by atoms with Crippen molar-refractivity contribution in [2.45, 2.75) is 59.3 Å². The Kier molecular flexibility index (Phi) is 3.40. The Morgan fingerprint density at radius 3 is 2.58 bits per heavy atom. The molecule has 1 N–H and O–H groups in total. The van der Waals surface area contributed by atoms with E-state index in [0.29, 0.717) is 23.5 Å². The standard InChI is InChI=1S/C21H28O3/c1-12(22)16-6-7-17-15-5-4-13-10-14(23)11-19(24)21(13,3)18(15)8-9-20(16,17)2/h10-11,15-18,23H,4-9H2,1-3H3/t15-,16+,17+,18-,20-,21-/m1/s1. The first-order chi connectivity index (χ1) is 11.3. The quantitative estimate of drug-likeness (QED) is 0.777. The minimum Gasteiger partial charge on any atom is -0.508 e. The summed E-state index contributed by atoms with van der Waals surface area (Å²) in [6.07, 6.45) is 9.48. The average Bonchev–Trinajstić information content (AvgIpc) is 2.86. The van der Waals surface area contributed by atoms with Gasteiger partial charge in [-0.3, -0.25) is 9.59 Å². The second-order valence-corrected chi connectivity index (χ2v) is 9.01. The van der Waals surface area contributed by atoms with Gasteiger partial charge in [0.1, 0.15) is 11.5 Å². The van der Waals surface area contributed by atoms with Crippen LogP contribution in [0.4, 0.5) is 0 Å². The highest BCUT2D eigenvalue weighted by Crippen LogP contribution is 2.66. The van der Waals surface area contributed by atoms with Crippen molar-refractivity contribution in [1.29, 1.82) is 0 Å². The molecular formula is C21H28O3. The minimum atomic E-state index is -0.440. The first kappa shape index (κ1) is 16.1. The Bertz CT molecular complexity index is 673. The van der Waals surface area contributed by atoms with E-state index in [1.807, 2.05) is 6.08 Å². The molecule has 3 fully saturated rings. The zero-order chi connectivity index (χ0) is 17.3. The van der Waals surface area contributed by atoms with Crippen LogP contribution in [0.25, 0.3) is 0 Å². The molecule has 6 atom stereocenters. The topological polar surface area (TPSA) is 54.4 Å². The van der Waals surface area contributed by atoms with Gasteiger partial charge in [0.25, 0.3) is 0 Å². The van der Waals surface area contributed by atoms with Crippen LogP contribution in [-0.4, -0.2) is 16.7 Å². The number of carbonyl (C=O) groups is 2. The van der Waals surface area contributed by atoms with E-state index in [9.17, 15) is 14.7 Å². The van der Waals surface area contributed by atoms with Gasteiger partial charge in [0.05, 0.1) is 5.41 Å². The second kappa shape index (κ2) is 5.06. The van der Waals surface area contributed by atoms with Gasteiger partial charge in [-0.15, -0.1) is 0 Å². The first-order valence-corrected chi connectivity index (χ1v) is 9.45. The van der Waals surface area contributed by atoms with Crippen molar-refractivity contribution in [2.75, 3.05) is 0 Å². The molecule has 0 heterocycles. The second-order valence-electron chi connectivity index (χ2n) is 9.01. The highest BCUT2D eigenvalue weighted by Gasteiger charge is 2.61. The van der Waals surface area contributed by atoms with Crippen molar-refractivity contribution in [3.05, 3.63) is 23.5 Å². The average molecular weight is 328 g/mol. The van der Waals surface area contributed by atoms with Crippen LogP contribution in [0, 0.1) is 34.5 Å². The fourth-order valence-electron chi connectivity index (χ4n) is 6.96. The van der Waals surface area contributed by atoms with Crippen LogP contribution >= 0.6 is 0 Å². The molecule has 4 rings (SSSR count). The minimum absolute atomic E-state index is 0.0805. The van der Waals surface area contributed by atoms with Gasteiger partial charge in [-0.05, 0) is 81.6 Å². The van der Waals surface area contributed by atoms with E-state index in [1.165, 1.54) is 6.08 Å². The zero-order valence-electron chi connectivity index (χ0n) is 15.0. The van der Waals surface area contributed by atoms with Crippen molar-refractivity contribution in [3.8, 4) is 0 Å². The predicted octanol–water partition coefficient (Wildman–Crippen LogP) is 4.39. The molecule has 0 aromatic rings. The van der Waals surface area contributed by atoms with Gasteiger partial charge in [0.15, 0.2) is 5.78 Å². The number of hydrogen-bond acceptors (Lipinski definition) is 3. The van der Waals surface area contributed by atoms with Gasteiger partial charge in [-0.25, -0.2) is 0 Å². The summed E-state index contributed by atoms with van der Waals surface area (Å²) in [7, 11) is 0. The van der Waals surface area contributed by atoms with E-state index >= 15 is 0 Å². The van der Waals surface area contributed by atoms with E-state index < -0.39 is 5.41 Å².